The fraction of sp³-hybridized carbons (Fsp3) is 0.769. The lowest BCUT2D eigenvalue weighted by atomic mass is 9.45. The van der Waals surface area contributed by atoms with E-state index in [-0.39, 0.29) is 17.0 Å². The van der Waals surface area contributed by atoms with Gasteiger partial charge in [-0.15, -0.1) is 0 Å². The molecular weight excluding hydrogens is 550 g/mol. The smallest absolute Gasteiger partial charge is 0.161 e. The first-order chi connectivity index (χ1) is 15.4. The molecule has 2 bridgehead atoms. The third-order valence-electron chi connectivity index (χ3n) is 8.82. The summed E-state index contributed by atoms with van der Waals surface area (Å²) in [6, 6.07) is 4.12. The van der Waals surface area contributed by atoms with Crippen LogP contribution in [0.1, 0.15) is 45.1 Å². The molecule has 1 aromatic rings. The molecule has 4 fully saturated rings. The molecule has 0 unspecified atom stereocenters. The highest BCUT2D eigenvalue weighted by molar-refractivity contribution is 9.10. The van der Waals surface area contributed by atoms with Gasteiger partial charge in [0.15, 0.2) is 11.5 Å². The number of hydrogen-bond acceptors (Lipinski definition) is 4. The number of fused-ring (bicyclic) bond motifs is 2. The Morgan fingerprint density at radius 1 is 1.06 bits per heavy atom. The summed E-state index contributed by atoms with van der Waals surface area (Å²) in [7, 11) is 3.37. The van der Waals surface area contributed by atoms with Crippen molar-refractivity contribution in [1.29, 1.82) is 0 Å². The maximum absolute atomic E-state index is 6.23. The van der Waals surface area contributed by atoms with Crippen molar-refractivity contribution < 1.29 is 40.4 Å². The molecule has 4 aliphatic rings. The molecule has 0 aromatic heterocycles. The molecule has 0 spiro atoms. The van der Waals surface area contributed by atoms with Crippen molar-refractivity contribution in [2.75, 3.05) is 60.3 Å². The fourth-order valence-corrected chi connectivity index (χ4v) is 6.92. The number of quaternary nitrogens is 1. The summed E-state index contributed by atoms with van der Waals surface area (Å²) in [5, 5.41) is 0. The minimum Gasteiger partial charge on any atom is -1.00 e. The van der Waals surface area contributed by atoms with Gasteiger partial charge < -0.3 is 40.4 Å². The molecule has 1 heterocycles. The van der Waals surface area contributed by atoms with Crippen molar-refractivity contribution in [3.63, 3.8) is 0 Å². The molecule has 3 saturated carbocycles. The van der Waals surface area contributed by atoms with Crippen LogP contribution < -0.4 is 26.5 Å². The molecular formula is C26H41Br2NO4. The minimum atomic E-state index is 0. The summed E-state index contributed by atoms with van der Waals surface area (Å²) >= 11 is 3.75. The summed E-state index contributed by atoms with van der Waals surface area (Å²) in [6.45, 7) is 12.3. The molecule has 7 heteroatoms. The SMILES string of the molecule is COc1cc(Br)c(C[N+]2(CCOCC[C@@H]3CC[C@H]4C[C@@H]3C4(C)C)CCOCC2)cc1OC.[Br-]. The van der Waals surface area contributed by atoms with Crippen LogP contribution in [0.4, 0.5) is 0 Å². The Morgan fingerprint density at radius 2 is 1.76 bits per heavy atom. The Labute approximate surface area is 219 Å². The number of nitrogens with zero attached hydrogens (tertiary/aromatic N) is 1. The second-order valence-electron chi connectivity index (χ2n) is 10.7. The summed E-state index contributed by atoms with van der Waals surface area (Å²) in [5.41, 5.74) is 1.81. The molecule has 1 saturated heterocycles. The Hall–Kier alpha value is -0.340. The number of morpholine rings is 1. The highest BCUT2D eigenvalue weighted by atomic mass is 79.9. The predicted octanol–water partition coefficient (Wildman–Crippen LogP) is 2.30. The number of rotatable bonds is 10. The first kappa shape index (κ1) is 27.3. The van der Waals surface area contributed by atoms with Crippen LogP contribution in [0, 0.1) is 23.2 Å². The van der Waals surface area contributed by atoms with E-state index in [0.717, 1.165) is 90.8 Å². The molecule has 3 aliphatic carbocycles. The van der Waals surface area contributed by atoms with Gasteiger partial charge in [-0.2, -0.15) is 0 Å². The predicted molar refractivity (Wildman–Crippen MR) is 130 cm³/mol. The summed E-state index contributed by atoms with van der Waals surface area (Å²) in [5.74, 6) is 4.30. The van der Waals surface area contributed by atoms with Gasteiger partial charge >= 0.3 is 0 Å². The summed E-state index contributed by atoms with van der Waals surface area (Å²) in [4.78, 5) is 0. The third-order valence-corrected chi connectivity index (χ3v) is 9.56. The average molecular weight is 591 g/mol. The molecule has 1 aliphatic heterocycles. The molecule has 0 radical (unpaired) electrons. The Bertz CT molecular complexity index is 780. The van der Waals surface area contributed by atoms with Crippen LogP contribution in [-0.2, 0) is 16.0 Å². The normalized spacial score (nSPS) is 27.2. The van der Waals surface area contributed by atoms with Crippen molar-refractivity contribution in [2.45, 2.75) is 46.1 Å². The minimum absolute atomic E-state index is 0. The van der Waals surface area contributed by atoms with E-state index in [2.05, 4.69) is 35.8 Å². The first-order valence-electron chi connectivity index (χ1n) is 12.3. The van der Waals surface area contributed by atoms with Crippen molar-refractivity contribution in [3.8, 4) is 11.5 Å². The Kier molecular flexibility index (Phi) is 9.58. The Balaban J connectivity index is 0.00000306. The van der Waals surface area contributed by atoms with E-state index in [1.807, 2.05) is 6.07 Å². The summed E-state index contributed by atoms with van der Waals surface area (Å²) in [6.07, 6.45) is 5.52. The van der Waals surface area contributed by atoms with Gasteiger partial charge in [-0.05, 0) is 61.0 Å². The Morgan fingerprint density at radius 3 is 2.39 bits per heavy atom. The van der Waals surface area contributed by atoms with E-state index in [1.54, 1.807) is 14.2 Å². The zero-order valence-corrected chi connectivity index (χ0v) is 23.9. The van der Waals surface area contributed by atoms with Crippen LogP contribution in [-0.4, -0.2) is 64.8 Å². The second-order valence-corrected chi connectivity index (χ2v) is 11.5. The third kappa shape index (κ3) is 5.91. The van der Waals surface area contributed by atoms with Gasteiger partial charge in [0.05, 0.1) is 34.0 Å². The lowest BCUT2D eigenvalue weighted by Gasteiger charge is -2.60. The fourth-order valence-electron chi connectivity index (χ4n) is 6.47. The van der Waals surface area contributed by atoms with Crippen molar-refractivity contribution >= 4 is 15.9 Å². The van der Waals surface area contributed by atoms with Crippen LogP contribution in [0.15, 0.2) is 16.6 Å². The first-order valence-corrected chi connectivity index (χ1v) is 13.1. The largest absolute Gasteiger partial charge is 1.00 e. The van der Waals surface area contributed by atoms with Gasteiger partial charge in [0.25, 0.3) is 0 Å². The lowest BCUT2D eigenvalue weighted by molar-refractivity contribution is -0.947. The lowest BCUT2D eigenvalue weighted by Crippen LogP contribution is -3.00. The van der Waals surface area contributed by atoms with Gasteiger partial charge in [-0.1, -0.05) is 29.8 Å². The van der Waals surface area contributed by atoms with Crippen molar-refractivity contribution in [3.05, 3.63) is 22.2 Å². The number of benzene rings is 1. The van der Waals surface area contributed by atoms with Crippen molar-refractivity contribution in [1.82, 2.24) is 0 Å². The zero-order valence-electron chi connectivity index (χ0n) is 20.7. The van der Waals surface area contributed by atoms with Crippen LogP contribution in [0.2, 0.25) is 0 Å². The molecule has 3 atom stereocenters. The molecule has 0 amide bonds. The molecule has 1 aromatic carbocycles. The topological polar surface area (TPSA) is 36.9 Å². The van der Waals surface area contributed by atoms with E-state index in [1.165, 1.54) is 31.2 Å². The summed E-state index contributed by atoms with van der Waals surface area (Å²) < 4.78 is 25.0. The number of hydrogen-bond donors (Lipinski definition) is 0. The van der Waals surface area contributed by atoms with E-state index < -0.39 is 0 Å². The number of methoxy groups -OCH3 is 2. The van der Waals surface area contributed by atoms with E-state index in [4.69, 9.17) is 18.9 Å². The monoisotopic (exact) mass is 589 g/mol. The molecule has 5 rings (SSSR count). The number of ether oxygens (including phenoxy) is 4. The standard InChI is InChI=1S/C26H41BrNO4.BrH/c1-26(2)21-6-5-19(22(26)16-21)7-11-31-12-8-28(9-13-32-14-10-28)18-20-15-24(29-3)25(30-4)17-23(20)27;/h15,17,19,21-22H,5-14,16,18H2,1-4H3;1H/q+1;/p-1/t19-,21-,22-;/m0./s1. The van der Waals surface area contributed by atoms with Crippen molar-refractivity contribution in [2.24, 2.45) is 23.2 Å². The highest BCUT2D eigenvalue weighted by Gasteiger charge is 2.53. The van der Waals surface area contributed by atoms with Gasteiger partial charge in [0, 0.05) is 16.6 Å². The number of halogens is 2. The molecule has 0 N–H and O–H groups in total. The highest BCUT2D eigenvalue weighted by Crippen LogP contribution is 2.61. The average Bonchev–Trinajstić information content (AvgIpc) is 2.80. The van der Waals surface area contributed by atoms with Crippen LogP contribution in [0.5, 0.6) is 11.5 Å². The van der Waals surface area contributed by atoms with Gasteiger partial charge in [0.2, 0.25) is 0 Å². The quantitative estimate of drug-likeness (QED) is 0.310. The molecule has 188 valence electrons. The molecule has 5 nitrogen and oxygen atoms in total. The van der Waals surface area contributed by atoms with Gasteiger partial charge in [-0.3, -0.25) is 0 Å². The maximum atomic E-state index is 6.23. The van der Waals surface area contributed by atoms with E-state index in [0.29, 0.717) is 5.41 Å². The van der Waals surface area contributed by atoms with Crippen LogP contribution in [0.25, 0.3) is 0 Å². The van der Waals surface area contributed by atoms with Crippen LogP contribution in [0.3, 0.4) is 0 Å². The zero-order chi connectivity index (χ0) is 22.8. The van der Waals surface area contributed by atoms with Crippen LogP contribution >= 0.6 is 15.9 Å². The van der Waals surface area contributed by atoms with E-state index >= 15 is 0 Å². The second kappa shape index (κ2) is 11.6. The van der Waals surface area contributed by atoms with E-state index in [9.17, 15) is 0 Å². The van der Waals surface area contributed by atoms with Gasteiger partial charge in [0.1, 0.15) is 26.2 Å². The van der Waals surface area contributed by atoms with Gasteiger partial charge in [-0.25, -0.2) is 0 Å². The maximum Gasteiger partial charge on any atom is 0.161 e. The molecule has 33 heavy (non-hydrogen) atoms.